The summed E-state index contributed by atoms with van der Waals surface area (Å²) in [7, 11) is 0. The Morgan fingerprint density at radius 1 is 1.50 bits per heavy atom. The monoisotopic (exact) mass is 114 g/mol. The van der Waals surface area contributed by atoms with Gasteiger partial charge in [0.15, 0.2) is 0 Å². The Balaban J connectivity index is 3.34. The van der Waals surface area contributed by atoms with Crippen LogP contribution in [-0.2, 0) is 0 Å². The number of hydrogen-bond donors (Lipinski definition) is 1. The second-order valence-electron chi connectivity index (χ2n) is 1.59. The van der Waals surface area contributed by atoms with E-state index in [0.717, 1.165) is 0 Å². The van der Waals surface area contributed by atoms with Crippen LogP contribution in [-0.4, -0.2) is 12.4 Å². The first-order valence-corrected chi connectivity index (χ1v) is 2.39. The summed E-state index contributed by atoms with van der Waals surface area (Å²) in [6, 6.07) is 0.264. The zero-order valence-electron chi connectivity index (χ0n) is 5.07. The van der Waals surface area contributed by atoms with E-state index in [4.69, 9.17) is 0 Å². The van der Waals surface area contributed by atoms with Crippen molar-refractivity contribution in [3.63, 3.8) is 0 Å². The van der Waals surface area contributed by atoms with Crippen molar-refractivity contribution in [3.8, 4) is 0 Å². The lowest BCUT2D eigenvalue weighted by molar-refractivity contribution is 0.837. The van der Waals surface area contributed by atoms with Crippen LogP contribution >= 0.6 is 0 Å². The predicted molar refractivity (Wildman–Crippen MR) is 32.7 cm³/mol. The molecule has 4 nitrogen and oxygen atoms in total. The molecular weight excluding hydrogens is 104 g/mol. The molecule has 0 bridgehead atoms. The standard InChI is InChI=1S/C4H10N4/c1-4(2)6-3-7-8-5/h3-4H,1-2H3,(H2,5,6,7). The molecule has 0 saturated heterocycles. The van der Waals surface area contributed by atoms with Crippen LogP contribution in [0.25, 0.3) is 0 Å². The summed E-state index contributed by atoms with van der Waals surface area (Å²) in [5, 5.41) is 6.31. The fraction of sp³-hybridized carbons (Fsp3) is 0.750. The van der Waals surface area contributed by atoms with Gasteiger partial charge in [0.1, 0.15) is 6.34 Å². The summed E-state index contributed by atoms with van der Waals surface area (Å²) >= 11 is 0. The molecule has 0 saturated carbocycles. The first-order valence-electron chi connectivity index (χ1n) is 2.39. The Bertz CT molecular complexity index is 94.2. The highest BCUT2D eigenvalue weighted by atomic mass is 15.3. The number of nitrogens with zero attached hydrogens (tertiary/aromatic N) is 3. The Hall–Kier alpha value is -0.930. The van der Waals surface area contributed by atoms with Crippen LogP contribution < -0.4 is 5.84 Å². The van der Waals surface area contributed by atoms with Crippen molar-refractivity contribution in [2.24, 2.45) is 21.2 Å². The Kier molecular flexibility index (Phi) is 3.74. The molecule has 0 unspecified atom stereocenters. The van der Waals surface area contributed by atoms with Crippen molar-refractivity contribution < 1.29 is 0 Å². The molecule has 0 spiro atoms. The Morgan fingerprint density at radius 3 is 2.50 bits per heavy atom. The highest BCUT2D eigenvalue weighted by Crippen LogP contribution is 1.81. The number of rotatable bonds is 2. The molecule has 0 aromatic carbocycles. The van der Waals surface area contributed by atoms with Gasteiger partial charge in [-0.3, -0.25) is 4.99 Å². The molecule has 0 heterocycles. The fourth-order valence-corrected chi connectivity index (χ4v) is 0.193. The minimum absolute atomic E-state index is 0.264. The molecule has 0 aliphatic carbocycles. The van der Waals surface area contributed by atoms with Crippen LogP contribution in [0.2, 0.25) is 0 Å². The number of aliphatic imine (C=N–C) groups is 1. The van der Waals surface area contributed by atoms with E-state index in [2.05, 4.69) is 21.2 Å². The van der Waals surface area contributed by atoms with Crippen molar-refractivity contribution in [1.29, 1.82) is 0 Å². The molecule has 0 fully saturated rings. The van der Waals surface area contributed by atoms with E-state index < -0.39 is 0 Å². The molecule has 0 radical (unpaired) electrons. The van der Waals surface area contributed by atoms with Crippen LogP contribution in [0.1, 0.15) is 13.8 Å². The second kappa shape index (κ2) is 4.23. The Labute approximate surface area is 48.5 Å². The molecule has 0 rings (SSSR count). The lowest BCUT2D eigenvalue weighted by Crippen LogP contribution is -1.87. The van der Waals surface area contributed by atoms with Gasteiger partial charge in [0, 0.05) is 6.04 Å². The third kappa shape index (κ3) is 5.07. The normalized spacial score (nSPS) is 12.4. The Morgan fingerprint density at radius 2 is 2.12 bits per heavy atom. The summed E-state index contributed by atoms with van der Waals surface area (Å²) in [5.41, 5.74) is 0. The minimum Gasteiger partial charge on any atom is -0.305 e. The van der Waals surface area contributed by atoms with Gasteiger partial charge in [-0.15, -0.1) is 5.11 Å². The zero-order chi connectivity index (χ0) is 6.41. The molecule has 0 atom stereocenters. The highest BCUT2D eigenvalue weighted by molar-refractivity contribution is 5.54. The van der Waals surface area contributed by atoms with Crippen molar-refractivity contribution in [3.05, 3.63) is 0 Å². The third-order valence-electron chi connectivity index (χ3n) is 0.483. The van der Waals surface area contributed by atoms with Gasteiger partial charge in [0.05, 0.1) is 0 Å². The molecule has 0 amide bonds. The van der Waals surface area contributed by atoms with E-state index in [-0.39, 0.29) is 6.04 Å². The summed E-state index contributed by atoms with van der Waals surface area (Å²) in [4.78, 5) is 3.85. The summed E-state index contributed by atoms with van der Waals surface area (Å²) in [6.45, 7) is 3.89. The maximum absolute atomic E-state index is 4.68. The van der Waals surface area contributed by atoms with E-state index in [1.165, 1.54) is 6.34 Å². The summed E-state index contributed by atoms with van der Waals surface area (Å²) < 4.78 is 0. The molecule has 8 heavy (non-hydrogen) atoms. The fourth-order valence-electron chi connectivity index (χ4n) is 0.193. The van der Waals surface area contributed by atoms with Crippen LogP contribution in [0.3, 0.4) is 0 Å². The predicted octanol–water partition coefficient (Wildman–Crippen LogP) is 0.749. The van der Waals surface area contributed by atoms with Gasteiger partial charge in [-0.05, 0) is 13.8 Å². The third-order valence-corrected chi connectivity index (χ3v) is 0.483. The van der Waals surface area contributed by atoms with Crippen LogP contribution in [0, 0.1) is 0 Å². The van der Waals surface area contributed by atoms with Gasteiger partial charge < -0.3 is 5.84 Å². The van der Waals surface area contributed by atoms with E-state index in [0.29, 0.717) is 0 Å². The average molecular weight is 114 g/mol. The molecule has 0 aliphatic rings. The van der Waals surface area contributed by atoms with Crippen LogP contribution in [0.5, 0.6) is 0 Å². The quantitative estimate of drug-likeness (QED) is 0.186. The van der Waals surface area contributed by atoms with Crippen molar-refractivity contribution in [1.82, 2.24) is 0 Å². The van der Waals surface area contributed by atoms with Gasteiger partial charge in [0.2, 0.25) is 0 Å². The smallest absolute Gasteiger partial charge is 0.134 e. The van der Waals surface area contributed by atoms with Crippen molar-refractivity contribution in [2.45, 2.75) is 19.9 Å². The molecule has 0 aliphatic heterocycles. The average Bonchev–Trinajstić information content (AvgIpc) is 1.66. The first kappa shape index (κ1) is 7.07. The number of nitrogens with two attached hydrogens (primary N) is 1. The molecule has 0 aromatic heterocycles. The van der Waals surface area contributed by atoms with Gasteiger partial charge >= 0.3 is 0 Å². The van der Waals surface area contributed by atoms with Crippen LogP contribution in [0.15, 0.2) is 15.3 Å². The summed E-state index contributed by atoms with van der Waals surface area (Å²) in [5.74, 6) is 4.68. The molecule has 0 aromatic rings. The zero-order valence-corrected chi connectivity index (χ0v) is 5.07. The molecular formula is C4H10N4. The van der Waals surface area contributed by atoms with Gasteiger partial charge in [-0.2, -0.15) is 0 Å². The SMILES string of the molecule is CC(C)/N=C\N=N/N. The van der Waals surface area contributed by atoms with E-state index in [9.17, 15) is 0 Å². The largest absolute Gasteiger partial charge is 0.305 e. The molecule has 2 N–H and O–H groups in total. The maximum atomic E-state index is 4.68. The second-order valence-corrected chi connectivity index (χ2v) is 1.59. The van der Waals surface area contributed by atoms with E-state index >= 15 is 0 Å². The van der Waals surface area contributed by atoms with Crippen molar-refractivity contribution in [2.75, 3.05) is 0 Å². The molecule has 46 valence electrons. The molecule has 4 heteroatoms. The van der Waals surface area contributed by atoms with Gasteiger partial charge in [0.25, 0.3) is 0 Å². The van der Waals surface area contributed by atoms with Crippen LogP contribution in [0.4, 0.5) is 0 Å². The lowest BCUT2D eigenvalue weighted by atomic mass is 10.4. The minimum atomic E-state index is 0.264. The lowest BCUT2D eigenvalue weighted by Gasteiger charge is -1.87. The summed E-state index contributed by atoms with van der Waals surface area (Å²) in [6.07, 6.45) is 1.34. The van der Waals surface area contributed by atoms with Crippen molar-refractivity contribution >= 4 is 6.34 Å². The topological polar surface area (TPSA) is 63.1 Å². The van der Waals surface area contributed by atoms with E-state index in [1.54, 1.807) is 0 Å². The number of hydrogen-bond acceptors (Lipinski definition) is 2. The maximum Gasteiger partial charge on any atom is 0.134 e. The first-order chi connectivity index (χ1) is 3.77. The highest BCUT2D eigenvalue weighted by Gasteiger charge is 1.79. The van der Waals surface area contributed by atoms with E-state index in [1.807, 2.05) is 13.8 Å². The van der Waals surface area contributed by atoms with Gasteiger partial charge in [-0.25, -0.2) is 0 Å². The van der Waals surface area contributed by atoms with Gasteiger partial charge in [-0.1, -0.05) is 5.22 Å².